The molecule has 0 bridgehead atoms. The number of aryl methyl sites for hydroxylation is 1. The summed E-state index contributed by atoms with van der Waals surface area (Å²) in [5.74, 6) is 0. The highest BCUT2D eigenvalue weighted by molar-refractivity contribution is 6.32. The van der Waals surface area contributed by atoms with Gasteiger partial charge in [-0.2, -0.15) is 5.10 Å². The van der Waals surface area contributed by atoms with Crippen molar-refractivity contribution in [2.75, 3.05) is 11.9 Å². The van der Waals surface area contributed by atoms with Crippen LogP contribution in [0.25, 0.3) is 0 Å². The van der Waals surface area contributed by atoms with Gasteiger partial charge in [-0.3, -0.25) is 4.79 Å². The van der Waals surface area contributed by atoms with E-state index in [1.807, 2.05) is 0 Å². The van der Waals surface area contributed by atoms with Gasteiger partial charge in [0.25, 0.3) is 5.56 Å². The highest BCUT2D eigenvalue weighted by atomic mass is 35.5. The first kappa shape index (κ1) is 13.8. The van der Waals surface area contributed by atoms with Gasteiger partial charge in [0.05, 0.1) is 11.9 Å². The molecule has 1 aromatic rings. The Bertz CT molecular complexity index is 428. The Kier molecular flexibility index (Phi) is 5.77. The van der Waals surface area contributed by atoms with Crippen LogP contribution in [0.5, 0.6) is 0 Å². The zero-order chi connectivity index (χ0) is 12.7. The SMILES string of the molecule is C=CCCNc1cnn(CCCC)c(=O)c1Cl. The van der Waals surface area contributed by atoms with Crippen molar-refractivity contribution in [2.24, 2.45) is 0 Å². The summed E-state index contributed by atoms with van der Waals surface area (Å²) in [5, 5.41) is 7.35. The summed E-state index contributed by atoms with van der Waals surface area (Å²) >= 11 is 5.99. The van der Waals surface area contributed by atoms with Crippen LogP contribution in [-0.2, 0) is 6.54 Å². The lowest BCUT2D eigenvalue weighted by molar-refractivity contribution is 0.543. The number of anilines is 1. The normalized spacial score (nSPS) is 10.2. The second-order valence-corrected chi connectivity index (χ2v) is 4.14. The Morgan fingerprint density at radius 1 is 1.65 bits per heavy atom. The lowest BCUT2D eigenvalue weighted by Gasteiger charge is -2.09. The molecule has 0 aliphatic carbocycles. The van der Waals surface area contributed by atoms with Crippen LogP contribution >= 0.6 is 11.6 Å². The molecule has 17 heavy (non-hydrogen) atoms. The van der Waals surface area contributed by atoms with Gasteiger partial charge in [-0.05, 0) is 12.8 Å². The van der Waals surface area contributed by atoms with Crippen LogP contribution in [0.3, 0.4) is 0 Å². The first-order valence-corrected chi connectivity index (χ1v) is 6.18. The molecule has 94 valence electrons. The van der Waals surface area contributed by atoms with E-state index in [-0.39, 0.29) is 10.6 Å². The molecule has 1 N–H and O–H groups in total. The molecule has 0 aliphatic rings. The predicted molar refractivity (Wildman–Crippen MR) is 71.7 cm³/mol. The van der Waals surface area contributed by atoms with Gasteiger partial charge in [0.2, 0.25) is 0 Å². The summed E-state index contributed by atoms with van der Waals surface area (Å²) in [6.07, 6.45) is 6.16. The van der Waals surface area contributed by atoms with Crippen molar-refractivity contribution < 1.29 is 0 Å². The molecule has 4 nitrogen and oxygen atoms in total. The number of rotatable bonds is 7. The topological polar surface area (TPSA) is 46.9 Å². The van der Waals surface area contributed by atoms with Crippen LogP contribution in [0.15, 0.2) is 23.6 Å². The maximum Gasteiger partial charge on any atom is 0.287 e. The van der Waals surface area contributed by atoms with Crippen molar-refractivity contribution in [3.05, 3.63) is 34.2 Å². The summed E-state index contributed by atoms with van der Waals surface area (Å²) in [6.45, 7) is 7.00. The first-order chi connectivity index (χ1) is 8.20. The van der Waals surface area contributed by atoms with Crippen molar-refractivity contribution in [1.29, 1.82) is 0 Å². The fourth-order valence-electron chi connectivity index (χ4n) is 1.36. The minimum atomic E-state index is -0.233. The average molecular weight is 256 g/mol. The van der Waals surface area contributed by atoms with Crippen LogP contribution < -0.4 is 10.9 Å². The zero-order valence-electron chi connectivity index (χ0n) is 10.1. The van der Waals surface area contributed by atoms with E-state index in [9.17, 15) is 4.79 Å². The Labute approximate surface area is 106 Å². The van der Waals surface area contributed by atoms with Gasteiger partial charge in [0.1, 0.15) is 5.02 Å². The first-order valence-electron chi connectivity index (χ1n) is 5.81. The van der Waals surface area contributed by atoms with Crippen LogP contribution in [0, 0.1) is 0 Å². The number of aromatic nitrogens is 2. The van der Waals surface area contributed by atoms with Crippen molar-refractivity contribution in [1.82, 2.24) is 9.78 Å². The molecule has 1 heterocycles. The van der Waals surface area contributed by atoms with Crippen molar-refractivity contribution >= 4 is 17.3 Å². The molecule has 0 saturated carbocycles. The van der Waals surface area contributed by atoms with Crippen LogP contribution in [-0.4, -0.2) is 16.3 Å². The van der Waals surface area contributed by atoms with Gasteiger partial charge in [0.15, 0.2) is 0 Å². The summed E-state index contributed by atoms with van der Waals surface area (Å²) in [6, 6.07) is 0. The summed E-state index contributed by atoms with van der Waals surface area (Å²) in [5.41, 5.74) is 0.356. The van der Waals surface area contributed by atoms with E-state index in [1.165, 1.54) is 4.68 Å². The number of hydrogen-bond donors (Lipinski definition) is 1. The van der Waals surface area contributed by atoms with Crippen molar-refractivity contribution in [3.63, 3.8) is 0 Å². The maximum atomic E-state index is 11.8. The summed E-state index contributed by atoms with van der Waals surface area (Å²) in [7, 11) is 0. The molecule has 0 spiro atoms. The molecule has 0 amide bonds. The third-order valence-electron chi connectivity index (χ3n) is 2.37. The fraction of sp³-hybridized carbons (Fsp3) is 0.500. The van der Waals surface area contributed by atoms with Gasteiger partial charge >= 0.3 is 0 Å². The molecular formula is C12H18ClN3O. The monoisotopic (exact) mass is 255 g/mol. The van der Waals surface area contributed by atoms with Gasteiger partial charge < -0.3 is 5.32 Å². The highest BCUT2D eigenvalue weighted by Gasteiger charge is 2.07. The molecule has 0 aliphatic heterocycles. The van der Waals surface area contributed by atoms with E-state index in [0.717, 1.165) is 19.3 Å². The summed E-state index contributed by atoms with van der Waals surface area (Å²) < 4.78 is 1.41. The van der Waals surface area contributed by atoms with Gasteiger partial charge in [-0.15, -0.1) is 6.58 Å². The van der Waals surface area contributed by atoms with Crippen LogP contribution in [0.2, 0.25) is 5.02 Å². The number of nitrogens with one attached hydrogen (secondary N) is 1. The van der Waals surface area contributed by atoms with Gasteiger partial charge in [0, 0.05) is 13.1 Å². The van der Waals surface area contributed by atoms with E-state index < -0.39 is 0 Å². The highest BCUT2D eigenvalue weighted by Crippen LogP contribution is 2.15. The fourth-order valence-corrected chi connectivity index (χ4v) is 1.58. The van der Waals surface area contributed by atoms with E-state index in [4.69, 9.17) is 11.6 Å². The number of unbranched alkanes of at least 4 members (excludes halogenated alkanes) is 1. The third-order valence-corrected chi connectivity index (χ3v) is 2.74. The van der Waals surface area contributed by atoms with E-state index in [0.29, 0.717) is 18.8 Å². The number of nitrogens with zero attached hydrogens (tertiary/aromatic N) is 2. The minimum absolute atomic E-state index is 0.208. The molecule has 0 aromatic carbocycles. The largest absolute Gasteiger partial charge is 0.382 e. The molecule has 0 unspecified atom stereocenters. The average Bonchev–Trinajstić information content (AvgIpc) is 2.34. The smallest absolute Gasteiger partial charge is 0.287 e. The number of halogens is 1. The van der Waals surface area contributed by atoms with E-state index >= 15 is 0 Å². The van der Waals surface area contributed by atoms with E-state index in [1.54, 1.807) is 12.3 Å². The minimum Gasteiger partial charge on any atom is -0.382 e. The third kappa shape index (κ3) is 3.89. The number of hydrogen-bond acceptors (Lipinski definition) is 3. The molecule has 0 radical (unpaired) electrons. The molecule has 1 rings (SSSR count). The van der Waals surface area contributed by atoms with Crippen LogP contribution in [0.1, 0.15) is 26.2 Å². The second kappa shape index (κ2) is 7.12. The quantitative estimate of drug-likeness (QED) is 0.602. The standard InChI is InChI=1S/C12H18ClN3O/c1-3-5-7-14-10-9-15-16(8-6-4-2)12(17)11(10)13/h3,9,14H,1,4-8H2,2H3. The molecule has 1 aromatic heterocycles. The summed E-state index contributed by atoms with van der Waals surface area (Å²) in [4.78, 5) is 11.8. The van der Waals surface area contributed by atoms with Crippen LogP contribution in [0.4, 0.5) is 5.69 Å². The van der Waals surface area contributed by atoms with Crippen molar-refractivity contribution in [3.8, 4) is 0 Å². The van der Waals surface area contributed by atoms with Gasteiger partial charge in [-0.25, -0.2) is 4.68 Å². The lowest BCUT2D eigenvalue weighted by atomic mass is 10.3. The predicted octanol–water partition coefficient (Wildman–Crippen LogP) is 2.68. The molecule has 5 heteroatoms. The lowest BCUT2D eigenvalue weighted by Crippen LogP contribution is -2.24. The van der Waals surface area contributed by atoms with E-state index in [2.05, 4.69) is 23.9 Å². The van der Waals surface area contributed by atoms with Gasteiger partial charge in [-0.1, -0.05) is 31.0 Å². The molecule has 0 saturated heterocycles. The Morgan fingerprint density at radius 3 is 3.06 bits per heavy atom. The maximum absolute atomic E-state index is 11.8. The Balaban J connectivity index is 2.79. The molecular weight excluding hydrogens is 238 g/mol. The van der Waals surface area contributed by atoms with Crippen molar-refractivity contribution in [2.45, 2.75) is 32.7 Å². The second-order valence-electron chi connectivity index (χ2n) is 3.76. The Morgan fingerprint density at radius 2 is 2.41 bits per heavy atom. The molecule has 0 atom stereocenters. The zero-order valence-corrected chi connectivity index (χ0v) is 10.8. The Hall–Kier alpha value is -1.29. The molecule has 0 fully saturated rings.